The summed E-state index contributed by atoms with van der Waals surface area (Å²) in [4.78, 5) is 15.9. The third-order valence-electron chi connectivity index (χ3n) is 4.64. The molecule has 2 aromatic carbocycles. The van der Waals surface area contributed by atoms with Gasteiger partial charge < -0.3 is 10.2 Å². The molecule has 1 N–H and O–H groups in total. The van der Waals surface area contributed by atoms with Crippen molar-refractivity contribution in [2.45, 2.75) is 25.8 Å². The number of amides is 1. The highest BCUT2D eigenvalue weighted by atomic mass is 32.1. The summed E-state index contributed by atoms with van der Waals surface area (Å²) in [6, 6.07) is 20.8. The zero-order valence-corrected chi connectivity index (χ0v) is 16.9. The topological polar surface area (TPSA) is 32.3 Å². The summed E-state index contributed by atoms with van der Waals surface area (Å²) in [6.07, 6.45) is 1.22. The van der Waals surface area contributed by atoms with Crippen molar-refractivity contribution < 1.29 is 4.79 Å². The summed E-state index contributed by atoms with van der Waals surface area (Å²) in [6.45, 7) is 2.07. The molecular formula is C23H26N2OS. The lowest BCUT2D eigenvalue weighted by molar-refractivity contribution is -0.121. The summed E-state index contributed by atoms with van der Waals surface area (Å²) in [5, 5.41) is 5.27. The number of nitrogens with zero attached hydrogens (tertiary/aromatic N) is 1. The van der Waals surface area contributed by atoms with Crippen LogP contribution in [0.25, 0.3) is 0 Å². The molecule has 3 rings (SSSR count). The zero-order chi connectivity index (χ0) is 19.2. The van der Waals surface area contributed by atoms with Crippen molar-refractivity contribution >= 4 is 22.9 Å². The first kappa shape index (κ1) is 19.2. The molecule has 0 spiro atoms. The Morgan fingerprint density at radius 3 is 2.33 bits per heavy atom. The third kappa shape index (κ3) is 5.20. The molecule has 0 aliphatic heterocycles. The molecule has 4 heteroatoms. The van der Waals surface area contributed by atoms with Crippen LogP contribution in [-0.4, -0.2) is 20.0 Å². The van der Waals surface area contributed by atoms with E-state index < -0.39 is 0 Å². The Morgan fingerprint density at radius 1 is 1.04 bits per heavy atom. The lowest BCUT2D eigenvalue weighted by Crippen LogP contribution is -2.29. The van der Waals surface area contributed by atoms with Gasteiger partial charge in [0.1, 0.15) is 0 Å². The predicted molar refractivity (Wildman–Crippen MR) is 115 cm³/mol. The molecule has 0 saturated heterocycles. The second kappa shape index (κ2) is 8.87. The number of hydrogen-bond acceptors (Lipinski definition) is 3. The van der Waals surface area contributed by atoms with Crippen LogP contribution in [0, 0.1) is 6.92 Å². The van der Waals surface area contributed by atoms with E-state index in [0.717, 1.165) is 16.9 Å². The zero-order valence-electron chi connectivity index (χ0n) is 16.1. The molecular weight excluding hydrogens is 352 g/mol. The second-order valence-electron chi connectivity index (χ2n) is 6.99. The molecule has 1 amide bonds. The molecule has 0 saturated carbocycles. The van der Waals surface area contributed by atoms with Crippen molar-refractivity contribution in [1.29, 1.82) is 0 Å². The monoisotopic (exact) mass is 378 g/mol. The summed E-state index contributed by atoms with van der Waals surface area (Å²) in [5.41, 5.74) is 4.68. The first-order valence-electron chi connectivity index (χ1n) is 9.18. The number of benzene rings is 2. The number of rotatable bonds is 7. The molecule has 0 radical (unpaired) electrons. The Labute approximate surface area is 165 Å². The molecule has 0 fully saturated rings. The second-order valence-corrected chi connectivity index (χ2v) is 7.97. The number of hydrogen-bond donors (Lipinski definition) is 1. The van der Waals surface area contributed by atoms with Crippen molar-refractivity contribution in [2.75, 3.05) is 19.0 Å². The molecule has 27 heavy (non-hydrogen) atoms. The molecule has 0 aliphatic carbocycles. The fourth-order valence-electron chi connectivity index (χ4n) is 2.98. The number of carbonyl (C=O) groups excluding carboxylic acids is 1. The molecule has 0 aliphatic rings. The van der Waals surface area contributed by atoms with Crippen molar-refractivity contribution in [1.82, 2.24) is 5.32 Å². The van der Waals surface area contributed by atoms with E-state index in [-0.39, 0.29) is 11.9 Å². The van der Waals surface area contributed by atoms with Gasteiger partial charge in [0, 0.05) is 31.1 Å². The molecule has 1 atom stereocenters. The van der Waals surface area contributed by atoms with Crippen LogP contribution >= 0.6 is 11.3 Å². The fraction of sp³-hybridized carbons (Fsp3) is 0.261. The van der Waals surface area contributed by atoms with Crippen LogP contribution in [0.15, 0.2) is 66.0 Å². The maximum atomic E-state index is 12.6. The Morgan fingerprint density at radius 2 is 1.74 bits per heavy atom. The summed E-state index contributed by atoms with van der Waals surface area (Å²) in [7, 11) is 4.05. The Kier molecular flexibility index (Phi) is 6.30. The molecule has 140 valence electrons. The highest BCUT2D eigenvalue weighted by Gasteiger charge is 2.17. The normalized spacial score (nSPS) is 11.8. The minimum atomic E-state index is -0.0887. The average Bonchev–Trinajstić information content (AvgIpc) is 3.20. The standard InChI is InChI=1S/C23H26N2OS/c1-17-6-11-19(12-7-17)23(21-5-4-16-27-21)24-22(26)15-10-18-8-13-20(14-9-18)25(2)3/h4-9,11-14,16,23H,10,15H2,1-3H3,(H,24,26). The van der Waals surface area contributed by atoms with Crippen LogP contribution < -0.4 is 10.2 Å². The number of thiophene rings is 1. The lowest BCUT2D eigenvalue weighted by Gasteiger charge is -2.18. The highest BCUT2D eigenvalue weighted by Crippen LogP contribution is 2.26. The van der Waals surface area contributed by atoms with Gasteiger partial charge in [0.15, 0.2) is 0 Å². The maximum Gasteiger partial charge on any atom is 0.221 e. The van der Waals surface area contributed by atoms with Crippen LogP contribution in [0.1, 0.15) is 34.0 Å². The third-order valence-corrected chi connectivity index (χ3v) is 5.57. The quantitative estimate of drug-likeness (QED) is 0.630. The summed E-state index contributed by atoms with van der Waals surface area (Å²) in [5.74, 6) is 0.0747. The van der Waals surface area contributed by atoms with Crippen molar-refractivity contribution in [3.8, 4) is 0 Å². The van der Waals surface area contributed by atoms with E-state index in [2.05, 4.69) is 77.1 Å². The van der Waals surface area contributed by atoms with E-state index >= 15 is 0 Å². The molecule has 0 bridgehead atoms. The molecule has 1 aromatic heterocycles. The van der Waals surface area contributed by atoms with Gasteiger partial charge in [-0.1, -0.05) is 48.0 Å². The number of aryl methyl sites for hydroxylation is 2. The first-order valence-corrected chi connectivity index (χ1v) is 10.1. The van der Waals surface area contributed by atoms with Crippen LogP contribution in [-0.2, 0) is 11.2 Å². The SMILES string of the molecule is Cc1ccc(C(NC(=O)CCc2ccc(N(C)C)cc2)c2cccs2)cc1. The average molecular weight is 379 g/mol. The Balaban J connectivity index is 1.65. The summed E-state index contributed by atoms with van der Waals surface area (Å²) < 4.78 is 0. The van der Waals surface area contributed by atoms with Gasteiger partial charge in [-0.2, -0.15) is 0 Å². The molecule has 1 heterocycles. The van der Waals surface area contributed by atoms with Crippen LogP contribution in [0.5, 0.6) is 0 Å². The number of anilines is 1. The summed E-state index contributed by atoms with van der Waals surface area (Å²) >= 11 is 1.67. The molecule has 3 aromatic rings. The highest BCUT2D eigenvalue weighted by molar-refractivity contribution is 7.10. The van der Waals surface area contributed by atoms with Gasteiger partial charge >= 0.3 is 0 Å². The van der Waals surface area contributed by atoms with Crippen molar-refractivity contribution in [3.63, 3.8) is 0 Å². The largest absolute Gasteiger partial charge is 0.378 e. The maximum absolute atomic E-state index is 12.6. The number of carbonyl (C=O) groups is 1. The van der Waals surface area contributed by atoms with Gasteiger partial charge in [-0.15, -0.1) is 11.3 Å². The predicted octanol–water partition coefficient (Wildman–Crippen LogP) is 4.96. The van der Waals surface area contributed by atoms with E-state index in [1.807, 2.05) is 20.2 Å². The van der Waals surface area contributed by atoms with Gasteiger partial charge in [0.25, 0.3) is 0 Å². The van der Waals surface area contributed by atoms with Crippen LogP contribution in [0.2, 0.25) is 0 Å². The van der Waals surface area contributed by atoms with Gasteiger partial charge in [-0.3, -0.25) is 4.79 Å². The first-order chi connectivity index (χ1) is 13.0. The fourth-order valence-corrected chi connectivity index (χ4v) is 3.79. The molecule has 1 unspecified atom stereocenters. The van der Waals surface area contributed by atoms with E-state index in [1.165, 1.54) is 16.8 Å². The van der Waals surface area contributed by atoms with Gasteiger partial charge in [-0.25, -0.2) is 0 Å². The minimum absolute atomic E-state index is 0.0747. The van der Waals surface area contributed by atoms with Crippen LogP contribution in [0.3, 0.4) is 0 Å². The van der Waals surface area contributed by atoms with E-state index in [4.69, 9.17) is 0 Å². The van der Waals surface area contributed by atoms with Gasteiger partial charge in [0.2, 0.25) is 5.91 Å². The van der Waals surface area contributed by atoms with Crippen molar-refractivity contribution in [3.05, 3.63) is 87.6 Å². The smallest absolute Gasteiger partial charge is 0.221 e. The van der Waals surface area contributed by atoms with Crippen molar-refractivity contribution in [2.24, 2.45) is 0 Å². The van der Waals surface area contributed by atoms with E-state index in [1.54, 1.807) is 11.3 Å². The van der Waals surface area contributed by atoms with Gasteiger partial charge in [-0.05, 0) is 48.1 Å². The number of nitrogens with one attached hydrogen (secondary N) is 1. The van der Waals surface area contributed by atoms with Crippen LogP contribution in [0.4, 0.5) is 5.69 Å². The minimum Gasteiger partial charge on any atom is -0.378 e. The van der Waals surface area contributed by atoms with E-state index in [9.17, 15) is 4.79 Å². The van der Waals surface area contributed by atoms with Gasteiger partial charge in [0.05, 0.1) is 6.04 Å². The Hall–Kier alpha value is -2.59. The molecule has 3 nitrogen and oxygen atoms in total. The lowest BCUT2D eigenvalue weighted by atomic mass is 10.0. The Bertz CT molecular complexity index is 852. The van der Waals surface area contributed by atoms with E-state index in [0.29, 0.717) is 6.42 Å².